The quantitative estimate of drug-likeness (QED) is 0.818. The molecule has 5 heteroatoms. The Balaban J connectivity index is 2.48. The smallest absolute Gasteiger partial charge is 0.304 e. The van der Waals surface area contributed by atoms with Gasteiger partial charge in [0.1, 0.15) is 0 Å². The molecular weight excluding hydrogens is 214 g/mol. The van der Waals surface area contributed by atoms with Crippen molar-refractivity contribution in [2.75, 3.05) is 5.75 Å². The molecule has 1 aromatic heterocycles. The lowest BCUT2D eigenvalue weighted by Gasteiger charge is -2.01. The fourth-order valence-electron chi connectivity index (χ4n) is 1.12. The minimum atomic E-state index is -1.14. The molecule has 0 saturated carbocycles. The molecule has 1 N–H and O–H groups in total. The highest BCUT2D eigenvalue weighted by Crippen LogP contribution is 2.02. The van der Waals surface area contributed by atoms with Crippen LogP contribution in [-0.2, 0) is 21.3 Å². The number of hydrogen-bond donors (Lipinski definition) is 1. The van der Waals surface area contributed by atoms with E-state index >= 15 is 0 Å². The maximum absolute atomic E-state index is 11.4. The molecule has 1 atom stereocenters. The maximum atomic E-state index is 11.4. The van der Waals surface area contributed by atoms with E-state index in [9.17, 15) is 9.00 Å². The van der Waals surface area contributed by atoms with Crippen molar-refractivity contribution < 1.29 is 14.1 Å². The molecule has 0 aliphatic heterocycles. The van der Waals surface area contributed by atoms with Crippen LogP contribution in [0.4, 0.5) is 0 Å². The molecule has 0 bridgehead atoms. The van der Waals surface area contributed by atoms with Gasteiger partial charge in [0.15, 0.2) is 0 Å². The first kappa shape index (κ1) is 11.8. The van der Waals surface area contributed by atoms with Crippen LogP contribution in [0.3, 0.4) is 0 Å². The molecule has 15 heavy (non-hydrogen) atoms. The summed E-state index contributed by atoms with van der Waals surface area (Å²) in [5, 5.41) is 8.42. The van der Waals surface area contributed by atoms with E-state index < -0.39 is 16.8 Å². The van der Waals surface area contributed by atoms with Gasteiger partial charge in [0, 0.05) is 22.2 Å². The second-order valence-corrected chi connectivity index (χ2v) is 4.78. The Morgan fingerprint density at radius 1 is 1.53 bits per heavy atom. The van der Waals surface area contributed by atoms with Crippen molar-refractivity contribution in [3.63, 3.8) is 0 Å². The number of aryl methyl sites for hydroxylation is 1. The molecule has 1 unspecified atom stereocenters. The van der Waals surface area contributed by atoms with Crippen molar-refractivity contribution in [3.8, 4) is 0 Å². The van der Waals surface area contributed by atoms with Crippen molar-refractivity contribution in [3.05, 3.63) is 29.6 Å². The number of aliphatic carboxylic acids is 1. The summed E-state index contributed by atoms with van der Waals surface area (Å²) in [6, 6.07) is 5.52. The number of carboxylic acids is 1. The minimum absolute atomic E-state index is 0.0571. The van der Waals surface area contributed by atoms with Gasteiger partial charge in [-0.15, -0.1) is 0 Å². The molecular formula is C10H13NO3S. The van der Waals surface area contributed by atoms with Crippen molar-refractivity contribution in [2.24, 2.45) is 0 Å². The van der Waals surface area contributed by atoms with Gasteiger partial charge in [0.05, 0.1) is 17.9 Å². The Morgan fingerprint density at radius 2 is 2.27 bits per heavy atom. The van der Waals surface area contributed by atoms with Gasteiger partial charge in [-0.1, -0.05) is 6.07 Å². The highest BCUT2D eigenvalue weighted by atomic mass is 32.2. The van der Waals surface area contributed by atoms with Gasteiger partial charge in [-0.25, -0.2) is 0 Å². The zero-order valence-corrected chi connectivity index (χ0v) is 9.29. The van der Waals surface area contributed by atoms with E-state index in [1.165, 1.54) is 0 Å². The summed E-state index contributed by atoms with van der Waals surface area (Å²) >= 11 is 0. The summed E-state index contributed by atoms with van der Waals surface area (Å²) in [4.78, 5) is 14.5. The lowest BCUT2D eigenvalue weighted by Crippen LogP contribution is -2.07. The van der Waals surface area contributed by atoms with Crippen molar-refractivity contribution in [1.29, 1.82) is 0 Å². The highest BCUT2D eigenvalue weighted by Gasteiger charge is 2.05. The van der Waals surface area contributed by atoms with Crippen LogP contribution < -0.4 is 0 Å². The molecule has 0 aliphatic rings. The van der Waals surface area contributed by atoms with Gasteiger partial charge in [-0.05, 0) is 19.1 Å². The number of aromatic nitrogens is 1. The predicted molar refractivity (Wildman–Crippen MR) is 57.9 cm³/mol. The van der Waals surface area contributed by atoms with Gasteiger partial charge >= 0.3 is 5.97 Å². The first-order valence-electron chi connectivity index (χ1n) is 4.57. The van der Waals surface area contributed by atoms with Crippen molar-refractivity contribution in [2.45, 2.75) is 19.1 Å². The van der Waals surface area contributed by atoms with E-state index in [1.54, 1.807) is 6.07 Å². The third-order valence-corrected chi connectivity index (χ3v) is 3.08. The number of nitrogens with zero attached hydrogens (tertiary/aromatic N) is 1. The van der Waals surface area contributed by atoms with Crippen LogP contribution in [0.5, 0.6) is 0 Å². The van der Waals surface area contributed by atoms with E-state index in [1.807, 2.05) is 19.1 Å². The molecule has 0 saturated heterocycles. The molecule has 0 aliphatic carbocycles. The standard InChI is InChI=1S/C10H13NO3S/c1-8-3-2-4-9(11-8)7-15(14)6-5-10(12)13/h2-4H,5-7H2,1H3,(H,12,13). The first-order valence-corrected chi connectivity index (χ1v) is 6.06. The Kier molecular flexibility index (Phi) is 4.42. The first-order chi connectivity index (χ1) is 7.08. The van der Waals surface area contributed by atoms with Crippen LogP contribution in [0.1, 0.15) is 17.8 Å². The van der Waals surface area contributed by atoms with Gasteiger partial charge in [0.25, 0.3) is 0 Å². The Hall–Kier alpha value is -1.23. The molecule has 82 valence electrons. The second-order valence-electron chi connectivity index (χ2n) is 3.20. The van der Waals surface area contributed by atoms with E-state index in [2.05, 4.69) is 4.98 Å². The number of pyridine rings is 1. The summed E-state index contributed by atoms with van der Waals surface area (Å²) < 4.78 is 11.4. The molecule has 0 aromatic carbocycles. The molecule has 4 nitrogen and oxygen atoms in total. The van der Waals surface area contributed by atoms with Crippen LogP contribution in [0.15, 0.2) is 18.2 Å². The van der Waals surface area contributed by atoms with Crippen molar-refractivity contribution >= 4 is 16.8 Å². The zero-order chi connectivity index (χ0) is 11.3. The number of rotatable bonds is 5. The maximum Gasteiger partial charge on any atom is 0.304 e. The summed E-state index contributed by atoms with van der Waals surface area (Å²) in [6.45, 7) is 1.86. The highest BCUT2D eigenvalue weighted by molar-refractivity contribution is 7.84. The molecule has 0 fully saturated rings. The zero-order valence-electron chi connectivity index (χ0n) is 8.47. The fraction of sp³-hybridized carbons (Fsp3) is 0.400. The molecule has 1 rings (SSSR count). The minimum Gasteiger partial charge on any atom is -0.481 e. The Morgan fingerprint density at radius 3 is 2.87 bits per heavy atom. The summed E-state index contributed by atoms with van der Waals surface area (Å²) in [7, 11) is -1.14. The largest absolute Gasteiger partial charge is 0.481 e. The SMILES string of the molecule is Cc1cccc(CS(=O)CCC(=O)O)n1. The van der Waals surface area contributed by atoms with Crippen LogP contribution in [-0.4, -0.2) is 26.0 Å². The third-order valence-electron chi connectivity index (χ3n) is 1.80. The average Bonchev–Trinajstić information content (AvgIpc) is 2.15. The topological polar surface area (TPSA) is 67.3 Å². The summed E-state index contributed by atoms with van der Waals surface area (Å²) in [6.07, 6.45) is -0.0571. The summed E-state index contributed by atoms with van der Waals surface area (Å²) in [5.41, 5.74) is 1.63. The number of carbonyl (C=O) groups is 1. The van der Waals surface area contributed by atoms with Gasteiger partial charge in [-0.2, -0.15) is 0 Å². The summed E-state index contributed by atoms with van der Waals surface area (Å²) in [5.74, 6) is -0.402. The van der Waals surface area contributed by atoms with E-state index in [-0.39, 0.29) is 12.2 Å². The van der Waals surface area contributed by atoms with Crippen molar-refractivity contribution in [1.82, 2.24) is 4.98 Å². The molecule has 0 radical (unpaired) electrons. The van der Waals surface area contributed by atoms with Crippen LogP contribution in [0, 0.1) is 6.92 Å². The van der Waals surface area contributed by atoms with E-state index in [4.69, 9.17) is 5.11 Å². The Labute approximate surface area is 90.8 Å². The van der Waals surface area contributed by atoms with Crippen LogP contribution >= 0.6 is 0 Å². The molecule has 1 heterocycles. The van der Waals surface area contributed by atoms with E-state index in [0.717, 1.165) is 11.4 Å². The second kappa shape index (κ2) is 5.60. The van der Waals surface area contributed by atoms with Gasteiger partial charge < -0.3 is 5.11 Å². The van der Waals surface area contributed by atoms with Gasteiger partial charge in [-0.3, -0.25) is 14.0 Å². The Bertz CT molecular complexity index is 379. The van der Waals surface area contributed by atoms with E-state index in [0.29, 0.717) is 5.75 Å². The van der Waals surface area contributed by atoms with Crippen LogP contribution in [0.25, 0.3) is 0 Å². The molecule has 0 amide bonds. The van der Waals surface area contributed by atoms with Gasteiger partial charge in [0.2, 0.25) is 0 Å². The average molecular weight is 227 g/mol. The molecule has 1 aromatic rings. The number of carboxylic acid groups (broad SMARTS) is 1. The normalized spacial score (nSPS) is 12.3. The lowest BCUT2D eigenvalue weighted by atomic mass is 10.3. The predicted octanol–water partition coefficient (Wildman–Crippen LogP) is 1.11. The third kappa shape index (κ3) is 4.69. The van der Waals surface area contributed by atoms with Crippen LogP contribution in [0.2, 0.25) is 0 Å². The lowest BCUT2D eigenvalue weighted by molar-refractivity contribution is -0.136. The number of hydrogen-bond acceptors (Lipinski definition) is 3. The molecule has 0 spiro atoms. The fourth-order valence-corrected chi connectivity index (χ4v) is 2.16. The monoisotopic (exact) mass is 227 g/mol.